The van der Waals surface area contributed by atoms with E-state index in [1.165, 1.54) is 12.1 Å². The summed E-state index contributed by atoms with van der Waals surface area (Å²) >= 11 is 0. The standard InChI is InChI=1S/C18H20F3N3O2/c1-11(2)24(17(25)12-6-7-12)9-8-15-22-16(23-26-15)13-4-3-5-14(10-13)18(19,20)21/h3-5,10-12H,6-9H2,1-2H3. The fourth-order valence-corrected chi connectivity index (χ4v) is 2.71. The second-order valence-corrected chi connectivity index (χ2v) is 6.74. The number of halogens is 3. The molecule has 140 valence electrons. The molecule has 1 aliphatic carbocycles. The Morgan fingerprint density at radius 2 is 2.08 bits per heavy atom. The average Bonchev–Trinajstić information content (AvgIpc) is 3.33. The maximum atomic E-state index is 12.8. The summed E-state index contributed by atoms with van der Waals surface area (Å²) in [6, 6.07) is 4.86. The number of benzene rings is 1. The Hall–Kier alpha value is -2.38. The van der Waals surface area contributed by atoms with E-state index in [4.69, 9.17) is 4.52 Å². The molecule has 1 aliphatic rings. The fraction of sp³-hybridized carbons (Fsp3) is 0.500. The smallest absolute Gasteiger partial charge is 0.340 e. The maximum Gasteiger partial charge on any atom is 0.416 e. The van der Waals surface area contributed by atoms with Crippen LogP contribution in [0.1, 0.15) is 38.1 Å². The zero-order chi connectivity index (χ0) is 18.9. The molecule has 1 fully saturated rings. The number of aromatic nitrogens is 2. The predicted octanol–water partition coefficient (Wildman–Crippen LogP) is 3.94. The molecule has 0 aliphatic heterocycles. The molecule has 0 bridgehead atoms. The van der Waals surface area contributed by atoms with Crippen LogP contribution in [-0.4, -0.2) is 33.5 Å². The zero-order valence-electron chi connectivity index (χ0n) is 14.6. The molecule has 1 heterocycles. The van der Waals surface area contributed by atoms with Gasteiger partial charge in [0.15, 0.2) is 0 Å². The van der Waals surface area contributed by atoms with Crippen LogP contribution in [0.15, 0.2) is 28.8 Å². The Morgan fingerprint density at radius 1 is 1.35 bits per heavy atom. The molecule has 26 heavy (non-hydrogen) atoms. The van der Waals surface area contributed by atoms with E-state index in [0.717, 1.165) is 25.0 Å². The van der Waals surface area contributed by atoms with Crippen LogP contribution in [0.4, 0.5) is 13.2 Å². The monoisotopic (exact) mass is 367 g/mol. The van der Waals surface area contributed by atoms with Gasteiger partial charge < -0.3 is 9.42 Å². The van der Waals surface area contributed by atoms with Crippen molar-refractivity contribution in [1.29, 1.82) is 0 Å². The quantitative estimate of drug-likeness (QED) is 0.776. The summed E-state index contributed by atoms with van der Waals surface area (Å²) in [4.78, 5) is 18.2. The van der Waals surface area contributed by atoms with E-state index < -0.39 is 11.7 Å². The number of hydrogen-bond donors (Lipinski definition) is 0. The topological polar surface area (TPSA) is 59.2 Å². The van der Waals surface area contributed by atoms with Gasteiger partial charge in [0.1, 0.15) is 0 Å². The summed E-state index contributed by atoms with van der Waals surface area (Å²) in [6.07, 6.45) is -2.20. The summed E-state index contributed by atoms with van der Waals surface area (Å²) in [7, 11) is 0. The summed E-state index contributed by atoms with van der Waals surface area (Å²) in [6.45, 7) is 4.33. The molecule has 1 aromatic carbocycles. The van der Waals surface area contributed by atoms with Gasteiger partial charge in [-0.2, -0.15) is 18.2 Å². The third-order valence-electron chi connectivity index (χ3n) is 4.32. The SMILES string of the molecule is CC(C)N(CCc1nc(-c2cccc(C(F)(F)F)c2)no1)C(=O)C1CC1. The number of nitrogens with zero attached hydrogens (tertiary/aromatic N) is 3. The van der Waals surface area contributed by atoms with E-state index in [0.29, 0.717) is 18.9 Å². The minimum Gasteiger partial charge on any atom is -0.340 e. The number of carbonyl (C=O) groups excluding carboxylic acids is 1. The molecule has 0 unspecified atom stereocenters. The van der Waals surface area contributed by atoms with Crippen LogP contribution in [0.3, 0.4) is 0 Å². The molecule has 3 rings (SSSR count). The minimum atomic E-state index is -4.43. The molecule has 5 nitrogen and oxygen atoms in total. The molecule has 0 radical (unpaired) electrons. The Kier molecular flexibility index (Phi) is 5.02. The minimum absolute atomic E-state index is 0.0639. The molecule has 2 aromatic rings. The van der Waals surface area contributed by atoms with Gasteiger partial charge in [-0.1, -0.05) is 17.3 Å². The molecule has 1 aromatic heterocycles. The van der Waals surface area contributed by atoms with Gasteiger partial charge in [0.05, 0.1) is 5.56 Å². The highest BCUT2D eigenvalue weighted by molar-refractivity contribution is 5.81. The highest BCUT2D eigenvalue weighted by Gasteiger charge is 2.34. The molecule has 1 amide bonds. The Bertz CT molecular complexity index is 782. The number of alkyl halides is 3. The first-order chi connectivity index (χ1) is 12.3. The Balaban J connectivity index is 1.69. The first kappa shape index (κ1) is 18.4. The highest BCUT2D eigenvalue weighted by Crippen LogP contribution is 2.32. The van der Waals surface area contributed by atoms with E-state index in [1.807, 2.05) is 13.8 Å². The largest absolute Gasteiger partial charge is 0.416 e. The van der Waals surface area contributed by atoms with E-state index in [-0.39, 0.29) is 29.3 Å². The summed E-state index contributed by atoms with van der Waals surface area (Å²) in [5, 5.41) is 3.77. The average molecular weight is 367 g/mol. The lowest BCUT2D eigenvalue weighted by molar-refractivity contribution is -0.137. The van der Waals surface area contributed by atoms with Gasteiger partial charge in [-0.05, 0) is 38.8 Å². The molecule has 8 heteroatoms. The number of hydrogen-bond acceptors (Lipinski definition) is 4. The van der Waals surface area contributed by atoms with E-state index in [9.17, 15) is 18.0 Å². The lowest BCUT2D eigenvalue weighted by atomic mass is 10.1. The van der Waals surface area contributed by atoms with Crippen LogP contribution in [0, 0.1) is 5.92 Å². The normalized spacial score (nSPS) is 14.7. The molecule has 0 saturated heterocycles. The third kappa shape index (κ3) is 4.23. The van der Waals surface area contributed by atoms with Crippen molar-refractivity contribution in [2.75, 3.05) is 6.54 Å². The zero-order valence-corrected chi connectivity index (χ0v) is 14.6. The fourth-order valence-electron chi connectivity index (χ4n) is 2.71. The van der Waals surface area contributed by atoms with Crippen LogP contribution in [-0.2, 0) is 17.4 Å². The van der Waals surface area contributed by atoms with Gasteiger partial charge in [-0.25, -0.2) is 0 Å². The predicted molar refractivity (Wildman–Crippen MR) is 88.0 cm³/mol. The molecule has 0 atom stereocenters. The van der Waals surface area contributed by atoms with Crippen LogP contribution >= 0.6 is 0 Å². The van der Waals surface area contributed by atoms with Gasteiger partial charge in [0.2, 0.25) is 17.6 Å². The lowest BCUT2D eigenvalue weighted by Gasteiger charge is -2.26. The summed E-state index contributed by atoms with van der Waals surface area (Å²) < 4.78 is 43.6. The van der Waals surface area contributed by atoms with Gasteiger partial charge >= 0.3 is 6.18 Å². The van der Waals surface area contributed by atoms with Crippen molar-refractivity contribution in [3.8, 4) is 11.4 Å². The van der Waals surface area contributed by atoms with Crippen LogP contribution in [0.25, 0.3) is 11.4 Å². The van der Waals surface area contributed by atoms with Crippen molar-refractivity contribution in [2.45, 2.75) is 45.3 Å². The van der Waals surface area contributed by atoms with Gasteiger partial charge in [0, 0.05) is 30.5 Å². The van der Waals surface area contributed by atoms with Crippen molar-refractivity contribution < 1.29 is 22.5 Å². The second kappa shape index (κ2) is 7.09. The Morgan fingerprint density at radius 3 is 2.69 bits per heavy atom. The number of amides is 1. The first-order valence-corrected chi connectivity index (χ1v) is 8.56. The highest BCUT2D eigenvalue weighted by atomic mass is 19.4. The van der Waals surface area contributed by atoms with Crippen molar-refractivity contribution in [2.24, 2.45) is 5.92 Å². The summed E-state index contributed by atoms with van der Waals surface area (Å²) in [5.74, 6) is 0.667. The first-order valence-electron chi connectivity index (χ1n) is 8.56. The van der Waals surface area contributed by atoms with Crippen LogP contribution < -0.4 is 0 Å². The third-order valence-corrected chi connectivity index (χ3v) is 4.32. The van der Waals surface area contributed by atoms with Crippen molar-refractivity contribution in [1.82, 2.24) is 15.0 Å². The van der Waals surface area contributed by atoms with E-state index >= 15 is 0 Å². The lowest BCUT2D eigenvalue weighted by Crippen LogP contribution is -2.39. The number of rotatable bonds is 6. The van der Waals surface area contributed by atoms with Crippen molar-refractivity contribution in [3.05, 3.63) is 35.7 Å². The van der Waals surface area contributed by atoms with E-state index in [2.05, 4.69) is 10.1 Å². The maximum absolute atomic E-state index is 12.8. The van der Waals surface area contributed by atoms with Gasteiger partial charge in [-0.15, -0.1) is 0 Å². The van der Waals surface area contributed by atoms with Crippen LogP contribution in [0.2, 0.25) is 0 Å². The van der Waals surface area contributed by atoms with Crippen molar-refractivity contribution >= 4 is 5.91 Å². The second-order valence-electron chi connectivity index (χ2n) is 6.74. The molecular weight excluding hydrogens is 347 g/mol. The molecule has 0 N–H and O–H groups in total. The van der Waals surface area contributed by atoms with Gasteiger partial charge in [-0.3, -0.25) is 4.79 Å². The molecule has 1 saturated carbocycles. The van der Waals surface area contributed by atoms with Crippen molar-refractivity contribution in [3.63, 3.8) is 0 Å². The molecular formula is C18H20F3N3O2. The van der Waals surface area contributed by atoms with Crippen LogP contribution in [0.5, 0.6) is 0 Å². The summed E-state index contributed by atoms with van der Waals surface area (Å²) in [5.41, 5.74) is -0.521. The molecule has 0 spiro atoms. The van der Waals surface area contributed by atoms with E-state index in [1.54, 1.807) is 4.90 Å². The van der Waals surface area contributed by atoms with Gasteiger partial charge in [0.25, 0.3) is 0 Å². The Labute approximate surface area is 149 Å². The number of carbonyl (C=O) groups is 1.